The second-order valence-corrected chi connectivity index (χ2v) is 5.30. The van der Waals surface area contributed by atoms with Gasteiger partial charge in [-0.15, -0.1) is 0 Å². The van der Waals surface area contributed by atoms with Gasteiger partial charge in [-0.25, -0.2) is 0 Å². The molecule has 22 heavy (non-hydrogen) atoms. The molecule has 1 aromatic carbocycles. The van der Waals surface area contributed by atoms with Gasteiger partial charge in [0, 0.05) is 17.5 Å². The van der Waals surface area contributed by atoms with Crippen LogP contribution in [0.25, 0.3) is 0 Å². The first-order chi connectivity index (χ1) is 10.6. The van der Waals surface area contributed by atoms with E-state index >= 15 is 0 Å². The minimum absolute atomic E-state index is 0.0876. The molecule has 0 saturated carbocycles. The van der Waals surface area contributed by atoms with Gasteiger partial charge in [0.2, 0.25) is 0 Å². The fourth-order valence-corrected chi connectivity index (χ4v) is 2.63. The Hall–Kier alpha value is -2.56. The van der Waals surface area contributed by atoms with Crippen molar-refractivity contribution < 1.29 is 18.7 Å². The molecule has 0 spiro atoms. The molecular formula is C17H17NO4. The van der Waals surface area contributed by atoms with Crippen LogP contribution in [0.3, 0.4) is 0 Å². The summed E-state index contributed by atoms with van der Waals surface area (Å²) < 4.78 is 10.8. The third kappa shape index (κ3) is 2.88. The van der Waals surface area contributed by atoms with Crippen LogP contribution < -0.4 is 10.1 Å². The van der Waals surface area contributed by atoms with E-state index < -0.39 is 0 Å². The first-order valence-corrected chi connectivity index (χ1v) is 7.26. The monoisotopic (exact) mass is 299 g/mol. The zero-order valence-electron chi connectivity index (χ0n) is 12.3. The van der Waals surface area contributed by atoms with E-state index in [0.29, 0.717) is 29.9 Å². The number of hydrogen-bond acceptors (Lipinski definition) is 4. The number of furan rings is 1. The van der Waals surface area contributed by atoms with E-state index in [-0.39, 0.29) is 24.3 Å². The summed E-state index contributed by atoms with van der Waals surface area (Å²) in [6.45, 7) is 1.76. The summed E-state index contributed by atoms with van der Waals surface area (Å²) in [5, 5.41) is 2.80. The molecule has 5 nitrogen and oxygen atoms in total. The Balaban J connectivity index is 1.59. The lowest BCUT2D eigenvalue weighted by molar-refractivity contribution is -0.123. The minimum atomic E-state index is -0.231. The highest BCUT2D eigenvalue weighted by molar-refractivity contribution is 6.01. The molecule has 114 valence electrons. The standard InChI is InChI=1S/C17H17NO4/c1-11(15-6-3-9-21-15)18-17(20)10-22-16-5-2-4-12-13(16)7-8-14(12)19/h2-6,9,11H,7-8,10H2,1H3,(H,18,20)/t11-/m1/s1. The number of hydrogen-bond donors (Lipinski definition) is 1. The topological polar surface area (TPSA) is 68.5 Å². The SMILES string of the molecule is C[C@@H](NC(=O)COc1cccc2c1CCC2=O)c1ccco1. The third-order valence-corrected chi connectivity index (χ3v) is 3.74. The average molecular weight is 299 g/mol. The molecule has 0 saturated heterocycles. The normalized spacial score (nSPS) is 14.5. The largest absolute Gasteiger partial charge is 0.483 e. The van der Waals surface area contributed by atoms with Gasteiger partial charge in [0.15, 0.2) is 12.4 Å². The Morgan fingerprint density at radius 2 is 2.18 bits per heavy atom. The van der Waals surface area contributed by atoms with Crippen molar-refractivity contribution in [2.75, 3.05) is 6.61 Å². The van der Waals surface area contributed by atoms with Crippen LogP contribution in [-0.2, 0) is 11.2 Å². The van der Waals surface area contributed by atoms with Gasteiger partial charge in [0.05, 0.1) is 12.3 Å². The summed E-state index contributed by atoms with van der Waals surface area (Å²) in [6, 6.07) is 8.74. The zero-order chi connectivity index (χ0) is 15.5. The number of carbonyl (C=O) groups excluding carboxylic acids is 2. The lowest BCUT2D eigenvalue weighted by atomic mass is 10.1. The van der Waals surface area contributed by atoms with Crippen LogP contribution in [0.15, 0.2) is 41.0 Å². The average Bonchev–Trinajstić information content (AvgIpc) is 3.16. The highest BCUT2D eigenvalue weighted by atomic mass is 16.5. The Labute approximate surface area is 128 Å². The molecule has 1 N–H and O–H groups in total. The van der Waals surface area contributed by atoms with Gasteiger partial charge in [0.25, 0.3) is 5.91 Å². The quantitative estimate of drug-likeness (QED) is 0.921. The Bertz CT molecular complexity index is 691. The molecule has 2 aromatic rings. The minimum Gasteiger partial charge on any atom is -0.483 e. The molecule has 3 rings (SSSR count). The number of Topliss-reactive ketones (excluding diaryl/α,β-unsaturated/α-hetero) is 1. The van der Waals surface area contributed by atoms with E-state index in [1.807, 2.05) is 13.0 Å². The van der Waals surface area contributed by atoms with Crippen LogP contribution in [0.2, 0.25) is 0 Å². The summed E-state index contributed by atoms with van der Waals surface area (Å²) >= 11 is 0. The second-order valence-electron chi connectivity index (χ2n) is 5.30. The molecule has 1 amide bonds. The molecule has 1 aromatic heterocycles. The van der Waals surface area contributed by atoms with Crippen LogP contribution in [0.5, 0.6) is 5.75 Å². The van der Waals surface area contributed by atoms with Crippen molar-refractivity contribution >= 4 is 11.7 Å². The summed E-state index contributed by atoms with van der Waals surface area (Å²) in [7, 11) is 0. The third-order valence-electron chi connectivity index (χ3n) is 3.74. The van der Waals surface area contributed by atoms with Gasteiger partial charge >= 0.3 is 0 Å². The number of rotatable bonds is 5. The van der Waals surface area contributed by atoms with E-state index in [1.165, 1.54) is 0 Å². The number of ketones is 1. The number of amides is 1. The van der Waals surface area contributed by atoms with Crippen molar-refractivity contribution in [1.29, 1.82) is 0 Å². The van der Waals surface area contributed by atoms with E-state index in [4.69, 9.17) is 9.15 Å². The Kier molecular flexibility index (Phi) is 3.96. The van der Waals surface area contributed by atoms with Crippen LogP contribution >= 0.6 is 0 Å². The van der Waals surface area contributed by atoms with Crippen LogP contribution in [-0.4, -0.2) is 18.3 Å². The van der Waals surface area contributed by atoms with E-state index in [2.05, 4.69) is 5.32 Å². The van der Waals surface area contributed by atoms with Gasteiger partial charge in [-0.1, -0.05) is 12.1 Å². The first kappa shape index (κ1) is 14.4. The van der Waals surface area contributed by atoms with E-state index in [0.717, 1.165) is 5.56 Å². The molecule has 1 aliphatic rings. The molecule has 1 aliphatic carbocycles. The fraction of sp³-hybridized carbons (Fsp3) is 0.294. The van der Waals surface area contributed by atoms with Crippen molar-refractivity contribution in [2.24, 2.45) is 0 Å². The van der Waals surface area contributed by atoms with Gasteiger partial charge < -0.3 is 14.5 Å². The number of benzene rings is 1. The predicted molar refractivity (Wildman–Crippen MR) is 79.9 cm³/mol. The Morgan fingerprint density at radius 1 is 1.32 bits per heavy atom. The van der Waals surface area contributed by atoms with Crippen molar-refractivity contribution in [1.82, 2.24) is 5.32 Å². The maximum absolute atomic E-state index is 11.9. The lowest BCUT2D eigenvalue weighted by Gasteiger charge is -2.13. The number of nitrogens with one attached hydrogen (secondary N) is 1. The first-order valence-electron chi connectivity index (χ1n) is 7.26. The van der Waals surface area contributed by atoms with Gasteiger partial charge in [-0.05, 0) is 31.5 Å². The molecule has 1 heterocycles. The molecule has 5 heteroatoms. The van der Waals surface area contributed by atoms with Gasteiger partial charge in [-0.3, -0.25) is 9.59 Å². The van der Waals surface area contributed by atoms with Crippen molar-refractivity contribution in [3.8, 4) is 5.75 Å². The molecule has 0 aliphatic heterocycles. The number of fused-ring (bicyclic) bond motifs is 1. The van der Waals surface area contributed by atoms with Gasteiger partial charge in [-0.2, -0.15) is 0 Å². The van der Waals surface area contributed by atoms with Crippen LogP contribution in [0.1, 0.15) is 41.1 Å². The maximum Gasteiger partial charge on any atom is 0.258 e. The van der Waals surface area contributed by atoms with Crippen molar-refractivity contribution in [3.63, 3.8) is 0 Å². The lowest BCUT2D eigenvalue weighted by Crippen LogP contribution is -2.31. The summed E-state index contributed by atoms with van der Waals surface area (Å²) in [5.41, 5.74) is 1.61. The summed E-state index contributed by atoms with van der Waals surface area (Å²) in [5.74, 6) is 1.21. The predicted octanol–water partition coefficient (Wildman–Crippen LogP) is 2.66. The smallest absolute Gasteiger partial charge is 0.258 e. The number of carbonyl (C=O) groups is 2. The van der Waals surface area contributed by atoms with E-state index in [1.54, 1.807) is 30.5 Å². The van der Waals surface area contributed by atoms with Gasteiger partial charge in [0.1, 0.15) is 11.5 Å². The van der Waals surface area contributed by atoms with Crippen LogP contribution in [0.4, 0.5) is 0 Å². The number of ether oxygens (including phenoxy) is 1. The fourth-order valence-electron chi connectivity index (χ4n) is 2.63. The molecule has 0 fully saturated rings. The molecule has 1 atom stereocenters. The van der Waals surface area contributed by atoms with Crippen molar-refractivity contribution in [3.05, 3.63) is 53.5 Å². The molecular weight excluding hydrogens is 282 g/mol. The molecule has 0 bridgehead atoms. The Morgan fingerprint density at radius 3 is 2.95 bits per heavy atom. The molecule has 0 radical (unpaired) electrons. The maximum atomic E-state index is 11.9. The van der Waals surface area contributed by atoms with Crippen molar-refractivity contribution in [2.45, 2.75) is 25.8 Å². The van der Waals surface area contributed by atoms with E-state index in [9.17, 15) is 9.59 Å². The highest BCUT2D eigenvalue weighted by Crippen LogP contribution is 2.30. The van der Waals surface area contributed by atoms with Crippen LogP contribution in [0, 0.1) is 0 Å². The molecule has 0 unspecified atom stereocenters. The highest BCUT2D eigenvalue weighted by Gasteiger charge is 2.23. The summed E-state index contributed by atoms with van der Waals surface area (Å²) in [4.78, 5) is 23.6. The summed E-state index contributed by atoms with van der Waals surface area (Å²) in [6.07, 6.45) is 2.75. The second kappa shape index (κ2) is 6.05. The zero-order valence-corrected chi connectivity index (χ0v) is 12.3.